The van der Waals surface area contributed by atoms with Crippen LogP contribution in [-0.4, -0.2) is 67.9 Å². The lowest BCUT2D eigenvalue weighted by molar-refractivity contribution is 0.0693. The molecule has 1 aromatic carbocycles. The molecular formula is C21H21N3O5S3. The van der Waals surface area contributed by atoms with E-state index in [2.05, 4.69) is 4.98 Å². The average Bonchev–Trinajstić information content (AvgIpc) is 3.46. The summed E-state index contributed by atoms with van der Waals surface area (Å²) < 4.78 is 38.9. The Morgan fingerprint density at radius 1 is 1.00 bits per heavy atom. The Bertz CT molecular complexity index is 1220. The van der Waals surface area contributed by atoms with Gasteiger partial charge in [-0.1, -0.05) is 0 Å². The predicted octanol–water partition coefficient (Wildman–Crippen LogP) is 3.18. The van der Waals surface area contributed by atoms with Gasteiger partial charge in [-0.05, 0) is 23.6 Å². The first kappa shape index (κ1) is 21.4. The van der Waals surface area contributed by atoms with E-state index in [1.54, 1.807) is 33.7 Å². The van der Waals surface area contributed by atoms with E-state index in [4.69, 9.17) is 9.47 Å². The van der Waals surface area contributed by atoms with Gasteiger partial charge < -0.3 is 14.4 Å². The Labute approximate surface area is 194 Å². The van der Waals surface area contributed by atoms with Gasteiger partial charge in [0.1, 0.15) is 10.7 Å². The van der Waals surface area contributed by atoms with Gasteiger partial charge in [0.2, 0.25) is 10.0 Å². The largest absolute Gasteiger partial charge is 0.490 e. The van der Waals surface area contributed by atoms with Gasteiger partial charge in [-0.2, -0.15) is 15.6 Å². The zero-order valence-electron chi connectivity index (χ0n) is 17.1. The number of rotatable bonds is 4. The molecule has 0 saturated carbocycles. The van der Waals surface area contributed by atoms with Gasteiger partial charge in [0.05, 0.1) is 18.1 Å². The summed E-state index contributed by atoms with van der Waals surface area (Å²) in [6.07, 6.45) is 0.750. The fourth-order valence-electron chi connectivity index (χ4n) is 3.64. The number of ether oxygens (including phenoxy) is 2. The van der Waals surface area contributed by atoms with Crippen LogP contribution in [0, 0.1) is 0 Å². The van der Waals surface area contributed by atoms with Crippen LogP contribution in [0.15, 0.2) is 45.3 Å². The van der Waals surface area contributed by atoms with Gasteiger partial charge in [-0.3, -0.25) is 4.79 Å². The summed E-state index contributed by atoms with van der Waals surface area (Å²) in [5.41, 5.74) is 1.40. The van der Waals surface area contributed by atoms with Crippen LogP contribution in [0.2, 0.25) is 0 Å². The zero-order valence-corrected chi connectivity index (χ0v) is 19.5. The number of thiazole rings is 1. The number of carbonyl (C=O) groups is 1. The highest BCUT2D eigenvalue weighted by Gasteiger charge is 2.32. The van der Waals surface area contributed by atoms with E-state index in [1.807, 2.05) is 16.8 Å². The Morgan fingerprint density at radius 3 is 2.53 bits per heavy atom. The van der Waals surface area contributed by atoms with E-state index in [0.717, 1.165) is 17.0 Å². The number of carbonyl (C=O) groups excluding carboxylic acids is 1. The SMILES string of the molecule is O=C(c1csc(-c2ccsc2)n1)N1CCN(S(=O)(=O)c2ccc3c(c2)OCCCO3)CC1. The molecule has 168 valence electrons. The number of sulfonamides is 1. The second kappa shape index (κ2) is 8.81. The highest BCUT2D eigenvalue weighted by Crippen LogP contribution is 2.33. The molecule has 1 saturated heterocycles. The number of aromatic nitrogens is 1. The van der Waals surface area contributed by atoms with Crippen molar-refractivity contribution in [2.24, 2.45) is 0 Å². The zero-order chi connectivity index (χ0) is 22.1. The standard InChI is InChI=1S/C21H21N3O5S3/c25-21(17-14-31-20(22-17)15-4-11-30-13-15)23-5-7-24(8-6-23)32(26,27)16-2-3-18-19(12-16)29-10-1-9-28-18/h2-4,11-14H,1,5-10H2. The van der Waals surface area contributed by atoms with Crippen molar-refractivity contribution in [1.29, 1.82) is 0 Å². The molecular weight excluding hydrogens is 470 g/mol. The lowest BCUT2D eigenvalue weighted by Crippen LogP contribution is -2.50. The van der Waals surface area contributed by atoms with E-state index < -0.39 is 10.0 Å². The Kier molecular flexibility index (Phi) is 5.89. The maximum atomic E-state index is 13.2. The fraction of sp³-hybridized carbons (Fsp3) is 0.333. The summed E-state index contributed by atoms with van der Waals surface area (Å²) >= 11 is 3.02. The van der Waals surface area contributed by atoms with Crippen LogP contribution in [0.3, 0.4) is 0 Å². The highest BCUT2D eigenvalue weighted by molar-refractivity contribution is 7.89. The van der Waals surface area contributed by atoms with Crippen molar-refractivity contribution >= 4 is 38.6 Å². The summed E-state index contributed by atoms with van der Waals surface area (Å²) in [6.45, 7) is 2.11. The van der Waals surface area contributed by atoms with Crippen LogP contribution in [0.1, 0.15) is 16.9 Å². The molecule has 1 fully saturated rings. The maximum absolute atomic E-state index is 13.2. The van der Waals surface area contributed by atoms with Crippen molar-refractivity contribution in [3.8, 4) is 22.1 Å². The third-order valence-corrected chi connectivity index (χ3v) is 8.84. The Balaban J connectivity index is 1.26. The molecule has 32 heavy (non-hydrogen) atoms. The quantitative estimate of drug-likeness (QED) is 0.557. The smallest absolute Gasteiger partial charge is 0.273 e. The van der Waals surface area contributed by atoms with Crippen molar-refractivity contribution in [3.63, 3.8) is 0 Å². The monoisotopic (exact) mass is 491 g/mol. The number of thiophene rings is 1. The number of nitrogens with zero attached hydrogens (tertiary/aromatic N) is 3. The first-order valence-electron chi connectivity index (χ1n) is 10.2. The summed E-state index contributed by atoms with van der Waals surface area (Å²) in [5, 5.41) is 6.54. The third-order valence-electron chi connectivity index (χ3n) is 5.37. The van der Waals surface area contributed by atoms with E-state index in [-0.39, 0.29) is 23.9 Å². The molecule has 0 unspecified atom stereocenters. The van der Waals surface area contributed by atoms with Crippen LogP contribution in [0.25, 0.3) is 10.6 Å². The molecule has 0 radical (unpaired) electrons. The van der Waals surface area contributed by atoms with Crippen LogP contribution < -0.4 is 9.47 Å². The lowest BCUT2D eigenvalue weighted by Gasteiger charge is -2.33. The molecule has 0 bridgehead atoms. The normalized spacial score (nSPS) is 17.2. The van der Waals surface area contributed by atoms with E-state index in [9.17, 15) is 13.2 Å². The van der Waals surface area contributed by atoms with Crippen molar-refractivity contribution in [2.45, 2.75) is 11.3 Å². The number of amides is 1. The van der Waals surface area contributed by atoms with Crippen LogP contribution in [-0.2, 0) is 10.0 Å². The van der Waals surface area contributed by atoms with Gasteiger partial charge in [-0.15, -0.1) is 11.3 Å². The van der Waals surface area contributed by atoms with Crippen molar-refractivity contribution in [3.05, 3.63) is 46.1 Å². The second-order valence-corrected chi connectivity index (χ2v) is 11.0. The summed E-state index contributed by atoms with van der Waals surface area (Å²) in [4.78, 5) is 19.2. The van der Waals surface area contributed by atoms with Crippen LogP contribution >= 0.6 is 22.7 Å². The summed E-state index contributed by atoms with van der Waals surface area (Å²) in [6, 6.07) is 6.68. The molecule has 0 aliphatic carbocycles. The second-order valence-electron chi connectivity index (χ2n) is 7.41. The number of hydrogen-bond acceptors (Lipinski definition) is 8. The fourth-order valence-corrected chi connectivity index (χ4v) is 6.58. The van der Waals surface area contributed by atoms with Gasteiger partial charge in [0, 0.05) is 55.0 Å². The molecule has 3 aromatic rings. The first-order chi connectivity index (χ1) is 15.5. The molecule has 0 spiro atoms. The highest BCUT2D eigenvalue weighted by atomic mass is 32.2. The minimum atomic E-state index is -3.70. The van der Waals surface area contributed by atoms with E-state index >= 15 is 0 Å². The van der Waals surface area contributed by atoms with Crippen LogP contribution in [0.4, 0.5) is 0 Å². The van der Waals surface area contributed by atoms with Gasteiger partial charge >= 0.3 is 0 Å². The number of hydrogen-bond donors (Lipinski definition) is 0. The Morgan fingerprint density at radius 2 is 1.78 bits per heavy atom. The topological polar surface area (TPSA) is 89.0 Å². The van der Waals surface area contributed by atoms with Crippen LogP contribution in [0.5, 0.6) is 11.5 Å². The Hall–Kier alpha value is -2.47. The molecule has 4 heterocycles. The maximum Gasteiger partial charge on any atom is 0.273 e. The third kappa shape index (κ3) is 4.13. The predicted molar refractivity (Wildman–Crippen MR) is 122 cm³/mol. The molecule has 8 nitrogen and oxygen atoms in total. The molecule has 1 amide bonds. The molecule has 11 heteroatoms. The summed E-state index contributed by atoms with van der Waals surface area (Å²) in [7, 11) is -3.70. The first-order valence-corrected chi connectivity index (χ1v) is 13.5. The molecule has 2 aromatic heterocycles. The molecule has 5 rings (SSSR count). The number of piperazine rings is 1. The number of fused-ring (bicyclic) bond motifs is 1. The molecule has 2 aliphatic heterocycles. The number of benzene rings is 1. The minimum Gasteiger partial charge on any atom is -0.490 e. The van der Waals surface area contributed by atoms with E-state index in [0.29, 0.717) is 43.5 Å². The van der Waals surface area contributed by atoms with Crippen molar-refractivity contribution in [2.75, 3.05) is 39.4 Å². The molecule has 0 atom stereocenters. The average molecular weight is 492 g/mol. The van der Waals surface area contributed by atoms with Gasteiger partial charge in [0.25, 0.3) is 5.91 Å². The molecule has 2 aliphatic rings. The van der Waals surface area contributed by atoms with Gasteiger partial charge in [-0.25, -0.2) is 13.4 Å². The lowest BCUT2D eigenvalue weighted by atomic mass is 10.3. The molecule has 0 N–H and O–H groups in total. The van der Waals surface area contributed by atoms with Gasteiger partial charge in [0.15, 0.2) is 11.5 Å². The van der Waals surface area contributed by atoms with Crippen molar-refractivity contribution in [1.82, 2.24) is 14.2 Å². The van der Waals surface area contributed by atoms with Crippen molar-refractivity contribution < 1.29 is 22.7 Å². The van der Waals surface area contributed by atoms with E-state index in [1.165, 1.54) is 21.7 Å². The minimum absolute atomic E-state index is 0.168. The summed E-state index contributed by atoms with van der Waals surface area (Å²) in [5.74, 6) is 0.833.